The van der Waals surface area contributed by atoms with E-state index in [2.05, 4.69) is 15.5 Å². The Morgan fingerprint density at radius 2 is 1.57 bits per heavy atom. The molecule has 17 nitrogen and oxygen atoms in total. The minimum absolute atomic E-state index is 0.0899. The largest absolute Gasteiger partial charge is 0.491 e. The number of primary amides is 2. The Morgan fingerprint density at radius 1 is 0.857 bits per heavy atom. The van der Waals surface area contributed by atoms with Crippen molar-refractivity contribution < 1.29 is 24.2 Å². The minimum Gasteiger partial charge on any atom is -0.491 e. The van der Waals surface area contributed by atoms with E-state index in [-0.39, 0.29) is 31.3 Å². The molecule has 5 heterocycles. The summed E-state index contributed by atoms with van der Waals surface area (Å²) >= 11 is 0. The van der Waals surface area contributed by atoms with Crippen LogP contribution in [0.2, 0.25) is 0 Å². The number of aryl methyl sites for hydroxylation is 4. The highest BCUT2D eigenvalue weighted by Crippen LogP contribution is 2.33. The minimum atomic E-state index is -0.670. The highest BCUT2D eigenvalue weighted by atomic mass is 16.5. The number of carbonyl (C=O) groups excluding carboxylic acids is 3. The van der Waals surface area contributed by atoms with E-state index < -0.39 is 17.7 Å². The summed E-state index contributed by atoms with van der Waals surface area (Å²) in [5, 5.41) is 22.9. The molecule has 0 atom stereocenters. The van der Waals surface area contributed by atoms with E-state index in [1.165, 1.54) is 6.07 Å². The van der Waals surface area contributed by atoms with Crippen LogP contribution < -0.4 is 21.5 Å². The molecule has 0 bridgehead atoms. The number of hydrogen-bond donors (Lipinski definition) is 4. The lowest BCUT2D eigenvalue weighted by Crippen LogP contribution is -2.20. The van der Waals surface area contributed by atoms with E-state index in [9.17, 15) is 19.5 Å². The zero-order valence-corrected chi connectivity index (χ0v) is 31.5. The van der Waals surface area contributed by atoms with Crippen molar-refractivity contribution >= 4 is 56.6 Å². The van der Waals surface area contributed by atoms with Gasteiger partial charge < -0.3 is 30.4 Å². The second kappa shape index (κ2) is 15.5. The molecule has 0 radical (unpaired) electrons. The topological polar surface area (TPSA) is 229 Å². The number of amides is 3. The average Bonchev–Trinajstić information content (AvgIpc) is 3.94. The first-order chi connectivity index (χ1) is 27.0. The number of anilines is 1. The average molecular weight is 759 g/mol. The Morgan fingerprint density at radius 3 is 2.29 bits per heavy atom. The van der Waals surface area contributed by atoms with Gasteiger partial charge in [0.15, 0.2) is 5.82 Å². The number of aromatic nitrogens is 9. The fourth-order valence-electron chi connectivity index (χ4n) is 6.79. The Labute approximate surface area is 320 Å². The lowest BCUT2D eigenvalue weighted by Gasteiger charge is -2.13. The summed E-state index contributed by atoms with van der Waals surface area (Å²) in [6.07, 6.45) is 5.99. The molecule has 0 saturated heterocycles. The molecule has 2 aromatic carbocycles. The van der Waals surface area contributed by atoms with Crippen LogP contribution in [-0.2, 0) is 26.2 Å². The molecule has 0 unspecified atom stereocenters. The van der Waals surface area contributed by atoms with Crippen LogP contribution in [0.4, 0.5) is 5.95 Å². The first-order valence-electron chi connectivity index (χ1n) is 18.2. The Hall–Kier alpha value is -6.88. The first-order valence-corrected chi connectivity index (χ1v) is 18.2. The second-order valence-corrected chi connectivity index (χ2v) is 13.2. The summed E-state index contributed by atoms with van der Waals surface area (Å²) in [5.41, 5.74) is 16.9. The van der Waals surface area contributed by atoms with Gasteiger partial charge >= 0.3 is 0 Å². The molecule has 5 aromatic heterocycles. The fraction of sp³-hybridized carbons (Fsp3) is 0.282. The molecule has 7 rings (SSSR count). The standard InChI is InChI=1S/C39H42N12O5/c1-5-50-30(16-22(3)46-50)36-42-21-27-26-18-24(34(40)53)10-11-29(26)48(37(27)44-36)12-7-8-13-49-33-28(19-25(35(41)54)20-32(33)56-15-9-14-52)43-39(49)45-38(55)31-17-23(4)47-51(31)6-2/h7-8,10-11,16-21,52H,5-6,9,12-15H2,1-4H3,(H2,40,53)(H2,41,54)(H,43,45,55). The Bertz CT molecular complexity index is 2680. The summed E-state index contributed by atoms with van der Waals surface area (Å²) < 4.78 is 13.3. The third kappa shape index (κ3) is 7.06. The van der Waals surface area contributed by atoms with Gasteiger partial charge in [0.05, 0.1) is 29.0 Å². The third-order valence-electron chi connectivity index (χ3n) is 9.37. The summed E-state index contributed by atoms with van der Waals surface area (Å²) in [6, 6.07) is 12.0. The van der Waals surface area contributed by atoms with Crippen LogP contribution in [0.15, 0.2) is 60.8 Å². The van der Waals surface area contributed by atoms with Gasteiger partial charge in [-0.05, 0) is 70.2 Å². The summed E-state index contributed by atoms with van der Waals surface area (Å²) in [7, 11) is 0. The van der Waals surface area contributed by atoms with Gasteiger partial charge in [0, 0.05) is 67.3 Å². The molecule has 7 aromatic rings. The predicted octanol–water partition coefficient (Wildman–Crippen LogP) is 4.12. The number of carbonyl (C=O) groups is 3. The number of aliphatic hydroxyl groups is 1. The number of fused-ring (bicyclic) bond motifs is 4. The van der Waals surface area contributed by atoms with Gasteiger partial charge in [0.25, 0.3) is 5.91 Å². The highest BCUT2D eigenvalue weighted by Gasteiger charge is 2.22. The van der Waals surface area contributed by atoms with Crippen LogP contribution in [0.5, 0.6) is 5.75 Å². The number of rotatable bonds is 15. The van der Waals surface area contributed by atoms with Gasteiger partial charge in [-0.15, -0.1) is 0 Å². The molecule has 3 amide bonds. The normalized spacial score (nSPS) is 11.7. The number of ether oxygens (including phenoxy) is 1. The molecule has 6 N–H and O–H groups in total. The van der Waals surface area contributed by atoms with Crippen LogP contribution >= 0.6 is 0 Å². The molecule has 0 aliphatic heterocycles. The van der Waals surface area contributed by atoms with Gasteiger partial charge in [-0.1, -0.05) is 12.2 Å². The molecule has 56 heavy (non-hydrogen) atoms. The molecule has 288 valence electrons. The maximum Gasteiger partial charge on any atom is 0.276 e. The van der Waals surface area contributed by atoms with Crippen molar-refractivity contribution in [3.8, 4) is 17.3 Å². The number of imidazole rings is 1. The summed E-state index contributed by atoms with van der Waals surface area (Å²) in [6.45, 7) is 9.43. The number of benzene rings is 2. The highest BCUT2D eigenvalue weighted by molar-refractivity contribution is 6.09. The van der Waals surface area contributed by atoms with Crippen LogP contribution in [0.25, 0.3) is 44.5 Å². The maximum atomic E-state index is 13.7. The van der Waals surface area contributed by atoms with Crippen molar-refractivity contribution in [2.75, 3.05) is 18.5 Å². The number of nitrogens with one attached hydrogen (secondary N) is 1. The summed E-state index contributed by atoms with van der Waals surface area (Å²) in [5.74, 6) is -0.588. The second-order valence-electron chi connectivity index (χ2n) is 13.2. The van der Waals surface area contributed by atoms with E-state index in [0.717, 1.165) is 27.7 Å². The molecule has 0 spiro atoms. The zero-order valence-electron chi connectivity index (χ0n) is 31.5. The number of aliphatic hydroxyl groups excluding tert-OH is 1. The quantitative estimate of drug-likeness (QED) is 0.0864. The molecular formula is C39H42N12O5. The summed E-state index contributed by atoms with van der Waals surface area (Å²) in [4.78, 5) is 52.5. The number of allylic oxidation sites excluding steroid dienone is 2. The maximum absolute atomic E-state index is 13.7. The van der Waals surface area contributed by atoms with E-state index in [4.69, 9.17) is 31.2 Å². The smallest absolute Gasteiger partial charge is 0.276 e. The van der Waals surface area contributed by atoms with Crippen LogP contribution in [0.1, 0.15) is 62.9 Å². The predicted molar refractivity (Wildman–Crippen MR) is 210 cm³/mol. The fourth-order valence-corrected chi connectivity index (χ4v) is 6.79. The lowest BCUT2D eigenvalue weighted by atomic mass is 10.1. The molecular weight excluding hydrogens is 717 g/mol. The van der Waals surface area contributed by atoms with E-state index in [1.54, 1.807) is 39.7 Å². The third-order valence-corrected chi connectivity index (χ3v) is 9.37. The van der Waals surface area contributed by atoms with Crippen molar-refractivity contribution in [2.45, 2.75) is 60.3 Å². The molecule has 0 aliphatic carbocycles. The molecule has 0 saturated carbocycles. The van der Waals surface area contributed by atoms with E-state index in [0.29, 0.717) is 71.3 Å². The van der Waals surface area contributed by atoms with Gasteiger partial charge in [0.2, 0.25) is 17.8 Å². The van der Waals surface area contributed by atoms with E-state index in [1.807, 2.05) is 61.2 Å². The van der Waals surface area contributed by atoms with E-state index >= 15 is 0 Å². The first kappa shape index (κ1) is 37.4. The van der Waals surface area contributed by atoms with Gasteiger partial charge in [0.1, 0.15) is 28.3 Å². The Balaban J connectivity index is 1.30. The molecule has 0 fully saturated rings. The molecule has 17 heteroatoms. The number of hydrogen-bond acceptors (Lipinski definition) is 10. The van der Waals surface area contributed by atoms with Crippen molar-refractivity contribution in [1.29, 1.82) is 0 Å². The van der Waals surface area contributed by atoms with Crippen molar-refractivity contribution in [3.63, 3.8) is 0 Å². The van der Waals surface area contributed by atoms with Crippen molar-refractivity contribution in [1.82, 2.24) is 43.6 Å². The van der Waals surface area contributed by atoms with Crippen molar-refractivity contribution in [2.24, 2.45) is 11.5 Å². The van der Waals surface area contributed by atoms with Gasteiger partial charge in [-0.2, -0.15) is 10.2 Å². The van der Waals surface area contributed by atoms with Crippen LogP contribution in [0, 0.1) is 13.8 Å². The number of nitrogens with two attached hydrogens (primary N) is 2. The van der Waals surface area contributed by atoms with Gasteiger partial charge in [-0.25, -0.2) is 15.0 Å². The van der Waals surface area contributed by atoms with Gasteiger partial charge in [-0.3, -0.25) is 29.1 Å². The van der Waals surface area contributed by atoms with Crippen LogP contribution in [-0.4, -0.2) is 79.7 Å². The Kier molecular flexibility index (Phi) is 10.3. The number of nitrogens with zero attached hydrogens (tertiary/aromatic N) is 9. The monoisotopic (exact) mass is 758 g/mol. The SMILES string of the molecule is CCn1nc(C)cc1C(=O)Nc1nc2cc(C(N)=O)cc(OCCCO)c2n1CC=CCn1c2ccc(C(N)=O)cc2c2cnc(-c3cc(C)nn3CC)nc21. The lowest BCUT2D eigenvalue weighted by molar-refractivity contribution is 0.0992. The zero-order chi connectivity index (χ0) is 39.7. The molecule has 0 aliphatic rings. The van der Waals surface area contributed by atoms with Crippen molar-refractivity contribution in [3.05, 3.63) is 89.0 Å². The van der Waals surface area contributed by atoms with Crippen LogP contribution in [0.3, 0.4) is 0 Å².